The quantitative estimate of drug-likeness (QED) is 0.0992. The van der Waals surface area contributed by atoms with Crippen molar-refractivity contribution in [1.82, 2.24) is 0 Å². The van der Waals surface area contributed by atoms with Gasteiger partial charge in [0.2, 0.25) is 0 Å². The smallest absolute Gasteiger partial charge is 0.330 e. The number of fused-ring (bicyclic) bond motifs is 5. The van der Waals surface area contributed by atoms with Crippen LogP contribution in [-0.2, 0) is 24.5 Å². The van der Waals surface area contributed by atoms with Gasteiger partial charge in [-0.15, -0.1) is 0 Å². The SMILES string of the molecule is C=CC(=O)OCC1(COC(=O)C=C)c2ccccc2-c2ccc(-c3c4ccccc4c(-c4ccc(C)cc4)c4ccccc34)cc21. The average Bonchev–Trinajstić information content (AvgIpc) is 3.37. The summed E-state index contributed by atoms with van der Waals surface area (Å²) in [5.41, 5.74) is 8.65. The van der Waals surface area contributed by atoms with E-state index in [1.807, 2.05) is 18.2 Å². The van der Waals surface area contributed by atoms with Crippen molar-refractivity contribution in [2.24, 2.45) is 0 Å². The van der Waals surface area contributed by atoms with Crippen LogP contribution in [0.15, 0.2) is 141 Å². The molecule has 0 aromatic heterocycles. The number of carbonyl (C=O) groups excluding carboxylic acids is 2. The third-order valence-electron chi connectivity index (χ3n) is 9.08. The number of carbonyl (C=O) groups is 2. The van der Waals surface area contributed by atoms with Crippen molar-refractivity contribution in [3.63, 3.8) is 0 Å². The van der Waals surface area contributed by atoms with Gasteiger partial charge in [0.1, 0.15) is 13.2 Å². The molecule has 7 rings (SSSR count). The highest BCUT2D eigenvalue weighted by molar-refractivity contribution is 6.21. The van der Waals surface area contributed by atoms with Crippen molar-refractivity contribution in [2.45, 2.75) is 12.3 Å². The number of hydrogen-bond acceptors (Lipinski definition) is 4. The normalized spacial score (nSPS) is 12.7. The molecule has 0 spiro atoms. The van der Waals surface area contributed by atoms with Gasteiger partial charge in [-0.2, -0.15) is 0 Å². The fourth-order valence-electron chi connectivity index (χ4n) is 6.94. The standard InChI is InChI=1S/C42H32O4/c1-4-38(43)45-25-42(26-46-39(44)5-2)36-17-11-10-12-30(36)31-23-22-29(24-37(31)42)41-34-15-8-6-13-32(34)40(28-20-18-27(3)19-21-28)33-14-7-9-16-35(33)41/h4-24H,1-2,25-26H2,3H3. The zero-order valence-electron chi connectivity index (χ0n) is 25.6. The van der Waals surface area contributed by atoms with Gasteiger partial charge in [-0.05, 0) is 79.0 Å². The summed E-state index contributed by atoms with van der Waals surface area (Å²) in [5.74, 6) is -1.08. The molecule has 4 nitrogen and oxygen atoms in total. The maximum atomic E-state index is 12.4. The van der Waals surface area contributed by atoms with Gasteiger partial charge in [-0.25, -0.2) is 9.59 Å². The van der Waals surface area contributed by atoms with Crippen LogP contribution in [0.5, 0.6) is 0 Å². The lowest BCUT2D eigenvalue weighted by molar-refractivity contribution is -0.143. The van der Waals surface area contributed by atoms with Crippen LogP contribution in [0.4, 0.5) is 0 Å². The summed E-state index contributed by atoms with van der Waals surface area (Å²) in [6.07, 6.45) is 2.30. The lowest BCUT2D eigenvalue weighted by atomic mass is 9.78. The highest BCUT2D eigenvalue weighted by atomic mass is 16.5. The maximum Gasteiger partial charge on any atom is 0.330 e. The fraction of sp³-hybridized carbons (Fsp3) is 0.0952. The lowest BCUT2D eigenvalue weighted by Gasteiger charge is -2.31. The molecule has 0 atom stereocenters. The number of ether oxygens (including phenoxy) is 2. The largest absolute Gasteiger partial charge is 0.461 e. The number of esters is 2. The zero-order valence-corrected chi connectivity index (χ0v) is 25.6. The van der Waals surface area contributed by atoms with Gasteiger partial charge in [0.15, 0.2) is 0 Å². The monoisotopic (exact) mass is 600 g/mol. The summed E-state index contributed by atoms with van der Waals surface area (Å²) in [5, 5.41) is 4.59. The van der Waals surface area contributed by atoms with E-state index in [1.54, 1.807) is 0 Å². The predicted octanol–water partition coefficient (Wildman–Crippen LogP) is 9.36. The second-order valence-electron chi connectivity index (χ2n) is 11.7. The first-order valence-electron chi connectivity index (χ1n) is 15.3. The van der Waals surface area contributed by atoms with E-state index in [4.69, 9.17) is 9.47 Å². The van der Waals surface area contributed by atoms with Gasteiger partial charge in [-0.3, -0.25) is 0 Å². The molecule has 0 N–H and O–H groups in total. The highest BCUT2D eigenvalue weighted by Gasteiger charge is 2.46. The number of rotatable bonds is 8. The number of hydrogen-bond donors (Lipinski definition) is 0. The van der Waals surface area contributed by atoms with Gasteiger partial charge >= 0.3 is 11.9 Å². The molecule has 0 bridgehead atoms. The van der Waals surface area contributed by atoms with Crippen LogP contribution in [0, 0.1) is 6.92 Å². The van der Waals surface area contributed by atoms with Crippen molar-refractivity contribution in [3.8, 4) is 33.4 Å². The summed E-state index contributed by atoms with van der Waals surface area (Å²) in [4.78, 5) is 24.8. The topological polar surface area (TPSA) is 52.6 Å². The third-order valence-corrected chi connectivity index (χ3v) is 9.08. The molecular weight excluding hydrogens is 568 g/mol. The molecule has 4 heteroatoms. The van der Waals surface area contributed by atoms with E-state index < -0.39 is 17.4 Å². The van der Waals surface area contributed by atoms with Crippen LogP contribution >= 0.6 is 0 Å². The van der Waals surface area contributed by atoms with E-state index in [2.05, 4.69) is 117 Å². The summed E-state index contributed by atoms with van der Waals surface area (Å²) in [7, 11) is 0. The molecule has 0 aliphatic heterocycles. The Morgan fingerprint density at radius 1 is 0.587 bits per heavy atom. The van der Waals surface area contributed by atoms with Crippen molar-refractivity contribution >= 4 is 33.5 Å². The minimum absolute atomic E-state index is 0.0242. The molecule has 0 saturated heterocycles. The van der Waals surface area contributed by atoms with Crippen LogP contribution in [0.3, 0.4) is 0 Å². The first kappa shape index (κ1) is 29.0. The summed E-state index contributed by atoms with van der Waals surface area (Å²) >= 11 is 0. The maximum absolute atomic E-state index is 12.4. The molecule has 1 aliphatic rings. The second kappa shape index (κ2) is 11.6. The van der Waals surface area contributed by atoms with E-state index in [1.165, 1.54) is 16.7 Å². The molecule has 0 unspecified atom stereocenters. The Bertz CT molecular complexity index is 2110. The Hall–Kier alpha value is -5.74. The van der Waals surface area contributed by atoms with Crippen molar-refractivity contribution < 1.29 is 19.1 Å². The molecule has 0 radical (unpaired) electrons. The first-order valence-corrected chi connectivity index (χ1v) is 15.3. The van der Waals surface area contributed by atoms with Crippen molar-refractivity contribution in [2.75, 3.05) is 13.2 Å². The van der Waals surface area contributed by atoms with Crippen molar-refractivity contribution in [3.05, 3.63) is 157 Å². The van der Waals surface area contributed by atoms with Crippen molar-refractivity contribution in [1.29, 1.82) is 0 Å². The Kier molecular flexibility index (Phi) is 7.34. The fourth-order valence-corrected chi connectivity index (χ4v) is 6.94. The van der Waals surface area contributed by atoms with Gasteiger partial charge in [0, 0.05) is 12.2 Å². The van der Waals surface area contributed by atoms with E-state index in [0.29, 0.717) is 0 Å². The molecule has 6 aromatic carbocycles. The molecular formula is C42H32O4. The van der Waals surface area contributed by atoms with Crippen LogP contribution < -0.4 is 0 Å². The molecule has 1 aliphatic carbocycles. The number of benzene rings is 6. The van der Waals surface area contributed by atoms with E-state index in [0.717, 1.165) is 67.1 Å². The second-order valence-corrected chi connectivity index (χ2v) is 11.7. The lowest BCUT2D eigenvalue weighted by Crippen LogP contribution is -2.38. The van der Waals surface area contributed by atoms with Crippen LogP contribution in [-0.4, -0.2) is 25.2 Å². The molecule has 6 aromatic rings. The molecule has 224 valence electrons. The van der Waals surface area contributed by atoms with Crippen LogP contribution in [0.1, 0.15) is 16.7 Å². The Morgan fingerprint density at radius 3 is 1.59 bits per heavy atom. The molecule has 46 heavy (non-hydrogen) atoms. The van der Waals surface area contributed by atoms with Gasteiger partial charge in [-0.1, -0.05) is 128 Å². The summed E-state index contributed by atoms with van der Waals surface area (Å²) in [6, 6.07) is 40.3. The number of aryl methyl sites for hydroxylation is 1. The first-order chi connectivity index (χ1) is 22.4. The summed E-state index contributed by atoms with van der Waals surface area (Å²) < 4.78 is 11.5. The van der Waals surface area contributed by atoms with E-state index in [-0.39, 0.29) is 13.2 Å². The summed E-state index contributed by atoms with van der Waals surface area (Å²) in [6.45, 7) is 9.21. The van der Waals surface area contributed by atoms with E-state index in [9.17, 15) is 9.59 Å². The van der Waals surface area contributed by atoms with E-state index >= 15 is 0 Å². The average molecular weight is 601 g/mol. The minimum Gasteiger partial charge on any atom is -0.461 e. The molecule has 0 fully saturated rings. The molecule has 0 saturated carbocycles. The highest BCUT2D eigenvalue weighted by Crippen LogP contribution is 2.52. The Morgan fingerprint density at radius 2 is 1.04 bits per heavy atom. The van der Waals surface area contributed by atoms with Gasteiger partial charge in [0.25, 0.3) is 0 Å². The van der Waals surface area contributed by atoms with Crippen LogP contribution in [0.25, 0.3) is 54.9 Å². The third kappa shape index (κ3) is 4.70. The molecule has 0 heterocycles. The minimum atomic E-state index is -0.938. The van der Waals surface area contributed by atoms with Gasteiger partial charge < -0.3 is 9.47 Å². The van der Waals surface area contributed by atoms with Crippen LogP contribution in [0.2, 0.25) is 0 Å². The van der Waals surface area contributed by atoms with Gasteiger partial charge in [0.05, 0.1) is 5.41 Å². The zero-order chi connectivity index (χ0) is 31.8. The Labute approximate surface area is 268 Å². The predicted molar refractivity (Wildman–Crippen MR) is 186 cm³/mol. The Balaban J connectivity index is 1.50. The molecule has 0 amide bonds.